The minimum atomic E-state index is -1.39. The van der Waals surface area contributed by atoms with Gasteiger partial charge in [-0.15, -0.1) is 6.42 Å². The Labute approximate surface area is 203 Å². The molecular formula is C28H25N3O4. The molecule has 0 aromatic heterocycles. The van der Waals surface area contributed by atoms with Gasteiger partial charge in [0.2, 0.25) is 11.1 Å². The van der Waals surface area contributed by atoms with Gasteiger partial charge in [-0.1, -0.05) is 18.2 Å². The number of rotatable bonds is 5. The van der Waals surface area contributed by atoms with Crippen LogP contribution in [0.2, 0.25) is 0 Å². The van der Waals surface area contributed by atoms with Crippen molar-refractivity contribution in [3.05, 3.63) is 76.6 Å². The van der Waals surface area contributed by atoms with Gasteiger partial charge in [0.15, 0.2) is 0 Å². The number of Topliss-reactive ketones (excluding diaryl/α,β-unsaturated/α-hetero) is 1. The van der Waals surface area contributed by atoms with Crippen molar-refractivity contribution in [3.63, 3.8) is 0 Å². The number of aromatic carboxylic acids is 1. The van der Waals surface area contributed by atoms with Crippen LogP contribution in [0.15, 0.2) is 59.0 Å². The van der Waals surface area contributed by atoms with Crippen LogP contribution < -0.4 is 20.4 Å². The molecule has 7 heteroatoms. The number of carbonyl (C=O) groups excluding carboxylic acids is 2. The van der Waals surface area contributed by atoms with Crippen molar-refractivity contribution in [3.8, 4) is 34.8 Å². The predicted molar refractivity (Wildman–Crippen MR) is 135 cm³/mol. The number of fused-ring (bicyclic) bond motifs is 2. The molecule has 1 heterocycles. The standard InChI is InChI=1S/C27H22N2O4.CH3N/c1-5-23(30)17-7-10-19(22(13-17)27(31)32)26-20-9-6-16(15-28-2)12-24(20)33-25-14-18(29(3)4)8-11-21(25)26;1-2/h1,6-14,28H,15H2,2-4H3;2H,1H2. The summed E-state index contributed by atoms with van der Waals surface area (Å²) >= 11 is 0. The molecule has 2 aromatic rings. The summed E-state index contributed by atoms with van der Waals surface area (Å²) in [7, 11) is 5.73. The fraction of sp³-hybridized carbons (Fsp3) is 0.143. The number of carboxylic acids is 1. The lowest BCUT2D eigenvalue weighted by Gasteiger charge is -2.19. The van der Waals surface area contributed by atoms with Crippen LogP contribution in [0.5, 0.6) is 0 Å². The van der Waals surface area contributed by atoms with Crippen LogP contribution in [0.3, 0.4) is 0 Å². The topological polar surface area (TPSA) is 109 Å². The molecule has 7 nitrogen and oxygen atoms in total. The molecule has 0 bridgehead atoms. The average molecular weight is 468 g/mol. The van der Waals surface area contributed by atoms with Crippen LogP contribution >= 0.6 is 0 Å². The van der Waals surface area contributed by atoms with Crippen molar-refractivity contribution in [2.45, 2.75) is 6.54 Å². The zero-order valence-corrected chi connectivity index (χ0v) is 19.8. The first-order chi connectivity index (χ1) is 16.8. The molecule has 2 N–H and O–H groups in total. The summed E-state index contributed by atoms with van der Waals surface area (Å²) in [5, 5.41) is 22.4. The summed E-state index contributed by atoms with van der Waals surface area (Å²) in [5.41, 5.74) is 3.52. The third kappa shape index (κ3) is 4.88. The van der Waals surface area contributed by atoms with E-state index in [4.69, 9.17) is 16.2 Å². The van der Waals surface area contributed by atoms with E-state index in [0.717, 1.165) is 21.9 Å². The molecule has 0 fully saturated rings. The summed E-state index contributed by atoms with van der Waals surface area (Å²) < 4.78 is 8.23. The highest BCUT2D eigenvalue weighted by Gasteiger charge is 2.21. The summed E-state index contributed by atoms with van der Waals surface area (Å²) in [5.74, 6) is 0.651. The molecule has 2 aliphatic rings. The van der Waals surface area contributed by atoms with Crippen LogP contribution in [0.25, 0.3) is 33.4 Å². The Hall–Kier alpha value is -4.54. The Morgan fingerprint density at radius 2 is 1.80 bits per heavy atom. The van der Waals surface area contributed by atoms with E-state index in [2.05, 4.69) is 12.0 Å². The predicted octanol–water partition coefficient (Wildman–Crippen LogP) is 2.40. The Balaban J connectivity index is 0.00000167. The molecule has 0 spiro atoms. The molecule has 2 aromatic carbocycles. The minimum absolute atomic E-state index is 0.110. The molecule has 0 atom stereocenters. The Morgan fingerprint density at radius 3 is 2.43 bits per heavy atom. The van der Waals surface area contributed by atoms with Gasteiger partial charge in [0.25, 0.3) is 0 Å². The van der Waals surface area contributed by atoms with E-state index in [9.17, 15) is 14.7 Å². The molecule has 1 aliphatic heterocycles. The van der Waals surface area contributed by atoms with Gasteiger partial charge in [-0.25, -0.2) is 4.58 Å². The fourth-order valence-electron chi connectivity index (χ4n) is 3.96. The van der Waals surface area contributed by atoms with E-state index >= 15 is 0 Å². The monoisotopic (exact) mass is 467 g/mol. The first-order valence-corrected chi connectivity index (χ1v) is 10.7. The van der Waals surface area contributed by atoms with Gasteiger partial charge in [-0.2, -0.15) is 0 Å². The van der Waals surface area contributed by atoms with E-state index in [1.165, 1.54) is 12.1 Å². The summed E-state index contributed by atoms with van der Waals surface area (Å²) in [6.45, 7) is 3.16. The maximum Gasteiger partial charge on any atom is 0.235 e. The third-order valence-corrected chi connectivity index (χ3v) is 5.57. The van der Waals surface area contributed by atoms with Crippen LogP contribution in [0.1, 0.15) is 26.3 Å². The smallest absolute Gasteiger partial charge is 0.235 e. The second-order valence-electron chi connectivity index (χ2n) is 7.93. The molecule has 0 radical (unpaired) electrons. The average Bonchev–Trinajstić information content (AvgIpc) is 2.87. The molecule has 1 aliphatic carbocycles. The summed E-state index contributed by atoms with van der Waals surface area (Å²) in [6, 6.07) is 16.0. The van der Waals surface area contributed by atoms with Gasteiger partial charge < -0.3 is 25.0 Å². The Bertz CT molecular complexity index is 1520. The maximum absolute atomic E-state index is 12.1. The van der Waals surface area contributed by atoms with Gasteiger partial charge in [-0.3, -0.25) is 4.79 Å². The molecule has 0 amide bonds. The third-order valence-electron chi connectivity index (χ3n) is 5.57. The van der Waals surface area contributed by atoms with Crippen molar-refractivity contribution < 1.29 is 19.1 Å². The number of nitrogens with zero attached hydrogens (tertiary/aromatic N) is 1. The number of hydrogen-bond acceptors (Lipinski definition) is 6. The molecule has 35 heavy (non-hydrogen) atoms. The molecule has 0 unspecified atom stereocenters. The van der Waals surface area contributed by atoms with Crippen LogP contribution in [-0.2, 0) is 6.54 Å². The van der Waals surface area contributed by atoms with E-state index in [1.54, 1.807) is 6.07 Å². The van der Waals surface area contributed by atoms with Crippen molar-refractivity contribution in [2.75, 3.05) is 21.1 Å². The van der Waals surface area contributed by atoms with E-state index in [-0.39, 0.29) is 11.1 Å². The maximum atomic E-state index is 12.1. The number of terminal acetylenes is 1. The molecule has 176 valence electrons. The number of benzene rings is 3. The van der Waals surface area contributed by atoms with Gasteiger partial charge in [0.1, 0.15) is 25.4 Å². The Morgan fingerprint density at radius 1 is 1.09 bits per heavy atom. The summed E-state index contributed by atoms with van der Waals surface area (Å²) in [6.07, 6.45) is 5.22. The van der Waals surface area contributed by atoms with Crippen molar-refractivity contribution in [1.82, 2.24) is 9.89 Å². The van der Waals surface area contributed by atoms with E-state index in [0.29, 0.717) is 29.0 Å². The number of carboxylic acid groups (broad SMARTS) is 1. The molecular weight excluding hydrogens is 442 g/mol. The normalized spacial score (nSPS) is 10.3. The van der Waals surface area contributed by atoms with Crippen molar-refractivity contribution in [1.29, 1.82) is 5.41 Å². The lowest BCUT2D eigenvalue weighted by Crippen LogP contribution is -2.24. The van der Waals surface area contributed by atoms with Gasteiger partial charge >= 0.3 is 0 Å². The highest BCUT2D eigenvalue weighted by atomic mass is 16.4. The van der Waals surface area contributed by atoms with Crippen LogP contribution in [-0.4, -0.2) is 39.6 Å². The number of carbonyl (C=O) groups is 2. The van der Waals surface area contributed by atoms with Crippen molar-refractivity contribution >= 4 is 29.4 Å². The largest absolute Gasteiger partial charge is 0.545 e. The van der Waals surface area contributed by atoms with E-state index < -0.39 is 11.8 Å². The number of nitrogens with one attached hydrogen (secondary N) is 2. The number of hydrogen-bond donors (Lipinski definition) is 2. The van der Waals surface area contributed by atoms with Gasteiger partial charge in [0.05, 0.1) is 12.0 Å². The lowest BCUT2D eigenvalue weighted by atomic mass is 9.89. The molecule has 0 saturated carbocycles. The Kier molecular flexibility index (Phi) is 7.59. The van der Waals surface area contributed by atoms with Crippen LogP contribution in [0.4, 0.5) is 0 Å². The fourth-order valence-corrected chi connectivity index (χ4v) is 3.96. The van der Waals surface area contributed by atoms with E-state index in [1.807, 2.05) is 68.0 Å². The SMILES string of the molecule is C#CC(=O)c1ccc(-c2c3ccc(=[N+](C)C)cc-3oc3cc(CNC)ccc23)c(C(=O)[O-])c1.C=N. The second kappa shape index (κ2) is 10.6. The zero-order valence-electron chi connectivity index (χ0n) is 19.8. The second-order valence-corrected chi connectivity index (χ2v) is 7.93. The van der Waals surface area contributed by atoms with Gasteiger partial charge in [0, 0.05) is 40.3 Å². The highest BCUT2D eigenvalue weighted by molar-refractivity contribution is 6.12. The summed E-state index contributed by atoms with van der Waals surface area (Å²) in [4.78, 5) is 24.1. The highest BCUT2D eigenvalue weighted by Crippen LogP contribution is 2.41. The van der Waals surface area contributed by atoms with Gasteiger partial charge in [-0.05, 0) is 55.1 Å². The molecule has 4 rings (SSSR count). The molecule has 0 saturated heterocycles. The minimum Gasteiger partial charge on any atom is -0.545 e. The van der Waals surface area contributed by atoms with Crippen molar-refractivity contribution in [2.24, 2.45) is 0 Å². The first-order valence-electron chi connectivity index (χ1n) is 10.7. The zero-order chi connectivity index (χ0) is 25.7. The first kappa shape index (κ1) is 25.1. The quantitative estimate of drug-likeness (QED) is 0.117. The number of ketones is 1. The van der Waals surface area contributed by atoms with Crippen LogP contribution in [0, 0.1) is 17.8 Å². The lowest BCUT2D eigenvalue weighted by molar-refractivity contribution is -0.254.